The molecule has 7 rings (SSSR count). The normalized spacial score (nSPS) is 30.0. The molecule has 3 fully saturated rings. The third-order valence-electron chi connectivity index (χ3n) is 8.93. The van der Waals surface area contributed by atoms with E-state index in [0.29, 0.717) is 29.7 Å². The van der Waals surface area contributed by atoms with Crippen molar-refractivity contribution in [3.05, 3.63) is 68.4 Å². The van der Waals surface area contributed by atoms with Crippen molar-refractivity contribution in [1.82, 2.24) is 4.98 Å². The minimum absolute atomic E-state index is 0.00684. The number of hydrogen-bond acceptors (Lipinski definition) is 7. The Labute approximate surface area is 239 Å². The highest BCUT2D eigenvalue weighted by molar-refractivity contribution is 8.00. The number of ether oxygens (including phenoxy) is 2. The minimum Gasteiger partial charge on any atom is -0.493 e. The smallest absolute Gasteiger partial charge is 0.305 e. The third-order valence-corrected chi connectivity index (χ3v) is 11.5. The number of aromatic amines is 1. The summed E-state index contributed by atoms with van der Waals surface area (Å²) in [4.78, 5) is 45.2. The lowest BCUT2D eigenvalue weighted by molar-refractivity contribution is -0.123. The molecule has 2 aliphatic carbocycles. The molecule has 3 aromatic rings. The Morgan fingerprint density at radius 2 is 1.75 bits per heavy atom. The maximum atomic E-state index is 13.8. The third kappa shape index (κ3) is 3.79. The molecule has 0 radical (unpaired) electrons. The molecule has 1 aromatic heterocycles. The Hall–Kier alpha value is -3.11. The summed E-state index contributed by atoms with van der Waals surface area (Å²) in [6.45, 7) is 4.74. The van der Waals surface area contributed by atoms with Crippen molar-refractivity contribution in [3.8, 4) is 11.5 Å². The number of methoxy groups -OCH3 is 1. The topological polar surface area (TPSA) is 88.7 Å². The zero-order valence-electron chi connectivity index (χ0n) is 22.3. The lowest BCUT2D eigenvalue weighted by Crippen LogP contribution is -2.42. The van der Waals surface area contributed by atoms with Crippen LogP contribution in [0.3, 0.4) is 0 Å². The van der Waals surface area contributed by atoms with E-state index in [2.05, 4.69) is 18.8 Å². The number of hydrogen-bond donors (Lipinski definition) is 1. The maximum absolute atomic E-state index is 13.8. The van der Waals surface area contributed by atoms with Crippen LogP contribution in [0.2, 0.25) is 0 Å². The van der Waals surface area contributed by atoms with E-state index in [1.807, 2.05) is 18.2 Å². The molecule has 4 aliphatic rings. The van der Waals surface area contributed by atoms with Crippen LogP contribution >= 0.6 is 23.1 Å². The Morgan fingerprint density at radius 1 is 1.02 bits per heavy atom. The molecule has 2 aliphatic heterocycles. The molecule has 2 saturated carbocycles. The standard InChI is InChI=1S/C30H29FN2O5S2/c1-13(2)12-38-19-9-4-14(10-20(19)37-3)21-22-17-11-18(25(22)39-27-26(21)40-30(36)32-27)24-23(17)28(34)33(29(24)35)16-7-5-15(31)6-8-16/h4-10,13,17-18,21-25H,11-12H2,1-3H3,(H,32,36)/t17-,18-,21?,22?,23?,24?,25?/m1/s1. The van der Waals surface area contributed by atoms with Gasteiger partial charge in [0.25, 0.3) is 0 Å². The SMILES string of the molecule is COc1cc(C2c3sc(=O)[nH]c3SC3C2[C@H]2C[C@@H]3C3C(=O)N(c4ccc(F)cc4)C(=O)C32)ccc1OCC(C)C. The van der Waals surface area contributed by atoms with E-state index in [1.165, 1.54) is 40.5 Å². The molecule has 208 valence electrons. The number of thioether (sulfide) groups is 1. The van der Waals surface area contributed by atoms with Gasteiger partial charge in [0, 0.05) is 16.0 Å². The van der Waals surface area contributed by atoms with Crippen LogP contribution in [-0.4, -0.2) is 35.8 Å². The van der Waals surface area contributed by atoms with Crippen molar-refractivity contribution in [1.29, 1.82) is 0 Å². The van der Waals surface area contributed by atoms with Crippen LogP contribution in [0.1, 0.15) is 36.6 Å². The maximum Gasteiger partial charge on any atom is 0.305 e. The summed E-state index contributed by atoms with van der Waals surface area (Å²) in [5.41, 5.74) is 1.43. The summed E-state index contributed by atoms with van der Waals surface area (Å²) in [6.07, 6.45) is 0.800. The number of fused-ring (bicyclic) bond motifs is 9. The number of aromatic nitrogens is 1. The first-order chi connectivity index (χ1) is 19.3. The van der Waals surface area contributed by atoms with E-state index in [-0.39, 0.29) is 45.6 Å². The number of halogens is 1. The first-order valence-electron chi connectivity index (χ1n) is 13.6. The molecule has 0 spiro atoms. The molecular formula is C30H29FN2O5S2. The molecule has 5 unspecified atom stereocenters. The second-order valence-corrected chi connectivity index (χ2v) is 13.8. The zero-order valence-corrected chi connectivity index (χ0v) is 23.9. The highest BCUT2D eigenvalue weighted by Crippen LogP contribution is 2.68. The largest absolute Gasteiger partial charge is 0.493 e. The fourth-order valence-corrected chi connectivity index (χ4v) is 10.4. The quantitative estimate of drug-likeness (QED) is 0.399. The van der Waals surface area contributed by atoms with Crippen LogP contribution in [0.5, 0.6) is 11.5 Å². The van der Waals surface area contributed by atoms with Crippen LogP contribution in [0.25, 0.3) is 0 Å². The van der Waals surface area contributed by atoms with Crippen LogP contribution in [-0.2, 0) is 9.59 Å². The molecule has 10 heteroatoms. The van der Waals surface area contributed by atoms with E-state index in [1.54, 1.807) is 18.9 Å². The Bertz CT molecular complexity index is 1570. The van der Waals surface area contributed by atoms with E-state index >= 15 is 0 Å². The summed E-state index contributed by atoms with van der Waals surface area (Å²) in [5.74, 6) is 0.0229. The van der Waals surface area contributed by atoms with Gasteiger partial charge in [0.1, 0.15) is 5.82 Å². The number of rotatable bonds is 6. The van der Waals surface area contributed by atoms with E-state index in [9.17, 15) is 18.8 Å². The first-order valence-corrected chi connectivity index (χ1v) is 15.3. The van der Waals surface area contributed by atoms with Gasteiger partial charge < -0.3 is 14.5 Å². The monoisotopic (exact) mass is 580 g/mol. The van der Waals surface area contributed by atoms with Crippen molar-refractivity contribution >= 4 is 40.6 Å². The molecule has 2 aromatic carbocycles. The number of benzene rings is 2. The molecule has 40 heavy (non-hydrogen) atoms. The lowest BCUT2D eigenvalue weighted by Gasteiger charge is -2.43. The highest BCUT2D eigenvalue weighted by atomic mass is 32.2. The molecule has 1 N–H and O–H groups in total. The van der Waals surface area contributed by atoms with Crippen LogP contribution < -0.4 is 19.2 Å². The number of carbonyl (C=O) groups excluding carboxylic acids is 2. The second-order valence-electron chi connectivity index (χ2n) is 11.6. The van der Waals surface area contributed by atoms with Gasteiger partial charge in [-0.1, -0.05) is 31.3 Å². The Kier molecular flexibility index (Phi) is 6.12. The van der Waals surface area contributed by atoms with Gasteiger partial charge in [-0.3, -0.25) is 19.3 Å². The van der Waals surface area contributed by atoms with E-state index in [0.717, 1.165) is 21.9 Å². The summed E-state index contributed by atoms with van der Waals surface area (Å²) in [7, 11) is 1.62. The van der Waals surface area contributed by atoms with Gasteiger partial charge in [-0.05, 0) is 72.1 Å². The molecule has 7 nitrogen and oxygen atoms in total. The number of nitrogens with one attached hydrogen (secondary N) is 1. The number of carbonyl (C=O) groups is 2. The molecule has 7 atom stereocenters. The Balaban J connectivity index is 1.28. The van der Waals surface area contributed by atoms with Gasteiger partial charge in [-0.2, -0.15) is 0 Å². The summed E-state index contributed by atoms with van der Waals surface area (Å²) >= 11 is 2.88. The molecule has 2 amide bonds. The van der Waals surface area contributed by atoms with E-state index < -0.39 is 17.7 Å². The van der Waals surface area contributed by atoms with Crippen molar-refractivity contribution < 1.29 is 23.5 Å². The highest BCUT2D eigenvalue weighted by Gasteiger charge is 2.69. The second kappa shape index (κ2) is 9.48. The number of imide groups is 1. The summed E-state index contributed by atoms with van der Waals surface area (Å²) in [6, 6.07) is 11.5. The number of anilines is 1. The average molecular weight is 581 g/mol. The first kappa shape index (κ1) is 25.8. The van der Waals surface area contributed by atoms with Crippen LogP contribution in [0.15, 0.2) is 52.3 Å². The summed E-state index contributed by atoms with van der Waals surface area (Å²) in [5, 5.41) is 0.943. The number of nitrogens with zero attached hydrogens (tertiary/aromatic N) is 1. The van der Waals surface area contributed by atoms with Crippen molar-refractivity contribution in [2.24, 2.45) is 35.5 Å². The van der Waals surface area contributed by atoms with Gasteiger partial charge in [0.2, 0.25) is 11.8 Å². The van der Waals surface area contributed by atoms with Crippen molar-refractivity contribution in [2.75, 3.05) is 18.6 Å². The Morgan fingerprint density at radius 3 is 2.45 bits per heavy atom. The van der Waals surface area contributed by atoms with Gasteiger partial charge in [-0.25, -0.2) is 4.39 Å². The van der Waals surface area contributed by atoms with E-state index in [4.69, 9.17) is 9.47 Å². The van der Waals surface area contributed by atoms with Crippen LogP contribution in [0.4, 0.5) is 10.1 Å². The fourth-order valence-electron chi connectivity index (χ4n) is 7.49. The number of H-pyrrole nitrogens is 1. The van der Waals surface area contributed by atoms with Crippen LogP contribution in [0, 0.1) is 41.3 Å². The van der Waals surface area contributed by atoms with Gasteiger partial charge in [0.15, 0.2) is 11.5 Å². The molecule has 1 saturated heterocycles. The average Bonchev–Trinajstić information content (AvgIpc) is 3.67. The molecule has 2 bridgehead atoms. The predicted molar refractivity (Wildman–Crippen MR) is 151 cm³/mol. The zero-order chi connectivity index (χ0) is 27.9. The number of thiazole rings is 1. The van der Waals surface area contributed by atoms with Gasteiger partial charge in [-0.15, -0.1) is 11.8 Å². The number of amides is 2. The fraction of sp³-hybridized carbons (Fsp3) is 0.433. The summed E-state index contributed by atoms with van der Waals surface area (Å²) < 4.78 is 25.3. The predicted octanol–water partition coefficient (Wildman–Crippen LogP) is 5.30. The molecule has 3 heterocycles. The van der Waals surface area contributed by atoms with Gasteiger partial charge in [0.05, 0.1) is 36.3 Å². The molecular weight excluding hydrogens is 551 g/mol. The van der Waals surface area contributed by atoms with Crippen molar-refractivity contribution in [3.63, 3.8) is 0 Å². The van der Waals surface area contributed by atoms with Crippen molar-refractivity contribution in [2.45, 2.75) is 36.5 Å². The minimum atomic E-state index is -0.417. The van der Waals surface area contributed by atoms with Gasteiger partial charge >= 0.3 is 4.87 Å². The lowest BCUT2D eigenvalue weighted by atomic mass is 9.68.